The molecule has 110 valence electrons. The van der Waals surface area contributed by atoms with Gasteiger partial charge in [-0.05, 0) is 26.3 Å². The van der Waals surface area contributed by atoms with Crippen LogP contribution in [0.1, 0.15) is 25.5 Å². The normalized spacial score (nSPS) is 14.3. The molecule has 3 aromatic heterocycles. The SMILES string of the molecule is Cc1cnn([C@H](C)[C@H](C)Nc2ncnc3c2cnn3C)c1. The van der Waals surface area contributed by atoms with Gasteiger partial charge in [0.05, 0.1) is 23.8 Å². The van der Waals surface area contributed by atoms with Crippen LogP contribution in [0.15, 0.2) is 24.9 Å². The van der Waals surface area contributed by atoms with E-state index in [1.807, 2.05) is 31.0 Å². The molecule has 1 N–H and O–H groups in total. The smallest absolute Gasteiger partial charge is 0.163 e. The van der Waals surface area contributed by atoms with Crippen LogP contribution >= 0.6 is 0 Å². The minimum atomic E-state index is 0.169. The molecule has 0 unspecified atom stereocenters. The van der Waals surface area contributed by atoms with E-state index in [4.69, 9.17) is 0 Å². The van der Waals surface area contributed by atoms with E-state index in [-0.39, 0.29) is 12.1 Å². The van der Waals surface area contributed by atoms with Crippen LogP contribution in [0.4, 0.5) is 5.82 Å². The van der Waals surface area contributed by atoms with E-state index in [9.17, 15) is 0 Å². The van der Waals surface area contributed by atoms with Crippen LogP contribution in [0.3, 0.4) is 0 Å². The topological polar surface area (TPSA) is 73.5 Å². The van der Waals surface area contributed by atoms with Crippen LogP contribution in [0, 0.1) is 6.92 Å². The van der Waals surface area contributed by atoms with Crippen molar-refractivity contribution in [3.05, 3.63) is 30.5 Å². The predicted molar refractivity (Wildman–Crippen MR) is 81.1 cm³/mol. The van der Waals surface area contributed by atoms with E-state index in [0.717, 1.165) is 22.4 Å². The van der Waals surface area contributed by atoms with E-state index in [0.29, 0.717) is 0 Å². The molecule has 7 heteroatoms. The number of rotatable bonds is 4. The van der Waals surface area contributed by atoms with Crippen LogP contribution < -0.4 is 5.32 Å². The quantitative estimate of drug-likeness (QED) is 0.793. The fourth-order valence-electron chi connectivity index (χ4n) is 2.30. The summed E-state index contributed by atoms with van der Waals surface area (Å²) in [5.41, 5.74) is 1.98. The summed E-state index contributed by atoms with van der Waals surface area (Å²) in [6.45, 7) is 6.29. The van der Waals surface area contributed by atoms with Gasteiger partial charge < -0.3 is 5.32 Å². The van der Waals surface area contributed by atoms with Gasteiger partial charge in [-0.1, -0.05) is 0 Å². The minimum Gasteiger partial charge on any atom is -0.365 e. The standard InChI is InChI=1S/C14H19N7/c1-9-5-18-21(7-9)11(3)10(2)19-13-12-6-17-20(4)14(12)16-8-15-13/h5-8,10-11H,1-4H3,(H,15,16,19)/t10-,11+/m0/s1. The molecule has 0 radical (unpaired) electrons. The number of fused-ring (bicyclic) bond motifs is 1. The van der Waals surface area contributed by atoms with Crippen molar-refractivity contribution in [2.45, 2.75) is 32.9 Å². The van der Waals surface area contributed by atoms with Crippen LogP contribution in [-0.2, 0) is 7.05 Å². The van der Waals surface area contributed by atoms with Gasteiger partial charge >= 0.3 is 0 Å². The molecule has 3 rings (SSSR count). The lowest BCUT2D eigenvalue weighted by atomic mass is 10.1. The largest absolute Gasteiger partial charge is 0.365 e. The molecule has 7 nitrogen and oxygen atoms in total. The van der Waals surface area contributed by atoms with Gasteiger partial charge in [-0.3, -0.25) is 9.36 Å². The Hall–Kier alpha value is -2.44. The van der Waals surface area contributed by atoms with Crippen molar-refractivity contribution in [3.8, 4) is 0 Å². The van der Waals surface area contributed by atoms with Gasteiger partial charge in [-0.15, -0.1) is 0 Å². The predicted octanol–water partition coefficient (Wildman–Crippen LogP) is 1.93. The number of nitrogens with one attached hydrogen (secondary N) is 1. The average molecular weight is 285 g/mol. The van der Waals surface area contributed by atoms with Gasteiger partial charge in [-0.25, -0.2) is 9.97 Å². The van der Waals surface area contributed by atoms with Crippen molar-refractivity contribution < 1.29 is 0 Å². The van der Waals surface area contributed by atoms with Crippen molar-refractivity contribution in [2.75, 3.05) is 5.32 Å². The highest BCUT2D eigenvalue weighted by molar-refractivity contribution is 5.86. The zero-order chi connectivity index (χ0) is 15.0. The first kappa shape index (κ1) is 13.5. The second-order valence-corrected chi connectivity index (χ2v) is 5.40. The van der Waals surface area contributed by atoms with Crippen LogP contribution in [-0.4, -0.2) is 35.6 Å². The lowest BCUT2D eigenvalue weighted by molar-refractivity contribution is 0.443. The van der Waals surface area contributed by atoms with E-state index >= 15 is 0 Å². The molecule has 0 saturated carbocycles. The van der Waals surface area contributed by atoms with Gasteiger partial charge in [0.1, 0.15) is 12.1 Å². The van der Waals surface area contributed by atoms with Gasteiger partial charge in [0, 0.05) is 19.3 Å². The number of hydrogen-bond donors (Lipinski definition) is 1. The highest BCUT2D eigenvalue weighted by Crippen LogP contribution is 2.21. The maximum atomic E-state index is 4.37. The Morgan fingerprint density at radius 1 is 1.14 bits per heavy atom. The first-order valence-electron chi connectivity index (χ1n) is 6.96. The van der Waals surface area contributed by atoms with Gasteiger partial charge in [0.25, 0.3) is 0 Å². The lowest BCUT2D eigenvalue weighted by Crippen LogP contribution is -2.27. The lowest BCUT2D eigenvalue weighted by Gasteiger charge is -2.22. The Kier molecular flexibility index (Phi) is 3.32. The highest BCUT2D eigenvalue weighted by atomic mass is 15.3. The fraction of sp³-hybridized carbons (Fsp3) is 0.429. The van der Waals surface area contributed by atoms with Crippen LogP contribution in [0.2, 0.25) is 0 Å². The molecular formula is C14H19N7. The summed E-state index contributed by atoms with van der Waals surface area (Å²) in [5.74, 6) is 0.802. The zero-order valence-corrected chi connectivity index (χ0v) is 12.6. The third-order valence-corrected chi connectivity index (χ3v) is 3.77. The van der Waals surface area contributed by atoms with Crippen molar-refractivity contribution in [3.63, 3.8) is 0 Å². The minimum absolute atomic E-state index is 0.169. The average Bonchev–Trinajstić information content (AvgIpc) is 3.06. The Labute approximate surface area is 123 Å². The molecule has 21 heavy (non-hydrogen) atoms. The summed E-state index contributed by atoms with van der Waals surface area (Å²) in [6.07, 6.45) is 7.25. The molecule has 0 aliphatic carbocycles. The number of hydrogen-bond acceptors (Lipinski definition) is 5. The number of aromatic nitrogens is 6. The van der Waals surface area contributed by atoms with Crippen molar-refractivity contribution in [2.24, 2.45) is 7.05 Å². The number of anilines is 1. The zero-order valence-electron chi connectivity index (χ0n) is 12.6. The summed E-state index contributed by atoms with van der Waals surface area (Å²) in [5, 5.41) is 13.0. The summed E-state index contributed by atoms with van der Waals surface area (Å²) < 4.78 is 3.71. The Morgan fingerprint density at radius 3 is 2.67 bits per heavy atom. The summed E-state index contributed by atoms with van der Waals surface area (Å²) in [7, 11) is 1.87. The number of aryl methyl sites for hydroxylation is 2. The van der Waals surface area contributed by atoms with Gasteiger partial charge in [0.15, 0.2) is 5.65 Å². The van der Waals surface area contributed by atoms with Crippen LogP contribution in [0.25, 0.3) is 11.0 Å². The monoisotopic (exact) mass is 285 g/mol. The van der Waals surface area contributed by atoms with Crippen molar-refractivity contribution >= 4 is 16.9 Å². The van der Waals surface area contributed by atoms with E-state index in [2.05, 4.69) is 39.3 Å². The maximum Gasteiger partial charge on any atom is 0.163 e. The number of nitrogens with zero attached hydrogens (tertiary/aromatic N) is 6. The fourth-order valence-corrected chi connectivity index (χ4v) is 2.30. The molecule has 0 aromatic carbocycles. The van der Waals surface area contributed by atoms with E-state index in [1.54, 1.807) is 17.2 Å². The Bertz CT molecular complexity index is 758. The van der Waals surface area contributed by atoms with Crippen molar-refractivity contribution in [1.82, 2.24) is 29.5 Å². The molecule has 2 atom stereocenters. The van der Waals surface area contributed by atoms with Crippen LogP contribution in [0.5, 0.6) is 0 Å². The molecular weight excluding hydrogens is 266 g/mol. The highest BCUT2D eigenvalue weighted by Gasteiger charge is 2.17. The first-order chi connectivity index (χ1) is 10.1. The third kappa shape index (κ3) is 2.46. The maximum absolute atomic E-state index is 4.37. The molecule has 0 amide bonds. The van der Waals surface area contributed by atoms with Gasteiger partial charge in [0.2, 0.25) is 0 Å². The molecule has 3 aromatic rings. The Balaban J connectivity index is 1.84. The van der Waals surface area contributed by atoms with E-state index < -0.39 is 0 Å². The second-order valence-electron chi connectivity index (χ2n) is 5.40. The molecule has 0 spiro atoms. The van der Waals surface area contributed by atoms with E-state index in [1.165, 1.54) is 0 Å². The summed E-state index contributed by atoms with van der Waals surface area (Å²) >= 11 is 0. The molecule has 3 heterocycles. The first-order valence-corrected chi connectivity index (χ1v) is 6.96. The second kappa shape index (κ2) is 5.16. The van der Waals surface area contributed by atoms with Gasteiger partial charge in [-0.2, -0.15) is 10.2 Å². The third-order valence-electron chi connectivity index (χ3n) is 3.77. The molecule has 0 aliphatic rings. The summed E-state index contributed by atoms with van der Waals surface area (Å²) in [4.78, 5) is 8.58. The molecule has 0 fully saturated rings. The van der Waals surface area contributed by atoms with Crippen molar-refractivity contribution in [1.29, 1.82) is 0 Å². The molecule has 0 aliphatic heterocycles. The molecule has 0 bridgehead atoms. The Morgan fingerprint density at radius 2 is 1.95 bits per heavy atom. The summed E-state index contributed by atoms with van der Waals surface area (Å²) in [6, 6.07) is 0.378. The molecule has 0 saturated heterocycles.